The number of nitrogen functional groups attached to an aromatic ring is 1. The van der Waals surface area contributed by atoms with E-state index in [9.17, 15) is 14.7 Å². The van der Waals surface area contributed by atoms with E-state index in [4.69, 9.17) is 17.3 Å². The number of carboxylic acids is 1. The zero-order valence-corrected chi connectivity index (χ0v) is 17.0. The predicted octanol–water partition coefficient (Wildman–Crippen LogP) is 3.28. The van der Waals surface area contributed by atoms with Crippen molar-refractivity contribution in [3.8, 4) is 5.69 Å². The molecule has 2 aromatic carbocycles. The zero-order chi connectivity index (χ0) is 22.1. The summed E-state index contributed by atoms with van der Waals surface area (Å²) in [5.74, 6) is -0.932. The van der Waals surface area contributed by atoms with Crippen molar-refractivity contribution < 1.29 is 9.90 Å². The molecule has 1 atom stereocenters. The second-order valence-corrected chi connectivity index (χ2v) is 7.15. The van der Waals surface area contributed by atoms with Gasteiger partial charge in [-0.25, -0.2) is 14.8 Å². The van der Waals surface area contributed by atoms with Crippen molar-refractivity contribution in [2.45, 2.75) is 13.0 Å². The molecule has 0 aliphatic heterocycles. The first-order chi connectivity index (χ1) is 14.9. The Morgan fingerprint density at radius 1 is 1.16 bits per heavy atom. The third-order valence-electron chi connectivity index (χ3n) is 4.67. The van der Waals surface area contributed by atoms with Crippen LogP contribution >= 0.6 is 11.6 Å². The average molecular weight is 437 g/mol. The van der Waals surface area contributed by atoms with Crippen molar-refractivity contribution in [3.63, 3.8) is 0 Å². The van der Waals surface area contributed by atoms with Crippen LogP contribution < -0.4 is 16.6 Å². The lowest BCUT2D eigenvalue weighted by Crippen LogP contribution is -2.28. The average Bonchev–Trinajstić information content (AvgIpc) is 2.74. The van der Waals surface area contributed by atoms with E-state index in [1.165, 1.54) is 4.57 Å². The van der Waals surface area contributed by atoms with Crippen molar-refractivity contribution in [3.05, 3.63) is 81.5 Å². The minimum Gasteiger partial charge on any atom is -0.477 e. The van der Waals surface area contributed by atoms with Crippen LogP contribution in [0, 0.1) is 0 Å². The van der Waals surface area contributed by atoms with Crippen molar-refractivity contribution in [2.24, 2.45) is 0 Å². The third kappa shape index (κ3) is 3.78. The van der Waals surface area contributed by atoms with Crippen LogP contribution in [-0.4, -0.2) is 30.6 Å². The molecule has 0 saturated carbocycles. The number of nitrogens with one attached hydrogen (secondary N) is 1. The van der Waals surface area contributed by atoms with Gasteiger partial charge >= 0.3 is 5.97 Å². The van der Waals surface area contributed by atoms with Gasteiger partial charge in [0.05, 0.1) is 27.7 Å². The van der Waals surface area contributed by atoms with Crippen LogP contribution in [0.2, 0.25) is 5.02 Å². The number of carboxylic acid groups (broad SMARTS) is 1. The van der Waals surface area contributed by atoms with Gasteiger partial charge in [-0.3, -0.25) is 9.36 Å². The predicted molar refractivity (Wildman–Crippen MR) is 118 cm³/mol. The first-order valence-corrected chi connectivity index (χ1v) is 9.63. The minimum absolute atomic E-state index is 0.0209. The number of nitrogens with zero attached hydrogens (tertiary/aromatic N) is 4. The van der Waals surface area contributed by atoms with Crippen molar-refractivity contribution in [1.82, 2.24) is 19.5 Å². The number of hydrogen-bond donors (Lipinski definition) is 3. The molecule has 4 aromatic rings. The van der Waals surface area contributed by atoms with Crippen LogP contribution in [-0.2, 0) is 0 Å². The largest absolute Gasteiger partial charge is 0.477 e. The summed E-state index contributed by atoms with van der Waals surface area (Å²) in [6.45, 7) is 1.74. The van der Waals surface area contributed by atoms with E-state index >= 15 is 0 Å². The first kappa shape index (κ1) is 20.3. The Morgan fingerprint density at radius 2 is 1.90 bits per heavy atom. The van der Waals surface area contributed by atoms with Gasteiger partial charge < -0.3 is 16.2 Å². The van der Waals surface area contributed by atoms with Gasteiger partial charge in [0.1, 0.15) is 17.2 Å². The molecular weight excluding hydrogens is 420 g/mol. The molecule has 0 saturated heterocycles. The first-order valence-electron chi connectivity index (χ1n) is 9.25. The summed E-state index contributed by atoms with van der Waals surface area (Å²) in [4.78, 5) is 37.4. The minimum atomic E-state index is -1.21. The molecule has 2 aromatic heterocycles. The number of halogens is 1. The Hall–Kier alpha value is -3.98. The number of benzene rings is 2. The normalized spacial score (nSPS) is 11.9. The van der Waals surface area contributed by atoms with Crippen LogP contribution in [0.3, 0.4) is 0 Å². The fourth-order valence-electron chi connectivity index (χ4n) is 3.26. The van der Waals surface area contributed by atoms with Gasteiger partial charge in [-0.05, 0) is 31.2 Å². The SMILES string of the molecule is CC(Nc1nc(N)ncc1C(=O)O)c1nc2cccc(Cl)c2c(=O)n1-c1ccccc1. The summed E-state index contributed by atoms with van der Waals surface area (Å²) in [5.41, 5.74) is 6.16. The van der Waals surface area contributed by atoms with E-state index in [0.29, 0.717) is 27.4 Å². The summed E-state index contributed by atoms with van der Waals surface area (Å²) in [7, 11) is 0. The number of fused-ring (bicyclic) bond motifs is 1. The number of aromatic nitrogens is 4. The number of rotatable bonds is 5. The number of anilines is 2. The Labute approximate surface area is 181 Å². The van der Waals surface area contributed by atoms with Gasteiger partial charge in [-0.1, -0.05) is 35.9 Å². The van der Waals surface area contributed by atoms with Gasteiger partial charge in [0.25, 0.3) is 5.56 Å². The van der Waals surface area contributed by atoms with Crippen LogP contribution in [0.25, 0.3) is 16.6 Å². The van der Waals surface area contributed by atoms with E-state index in [1.54, 1.807) is 49.4 Å². The molecule has 1 unspecified atom stereocenters. The summed E-state index contributed by atoms with van der Waals surface area (Å²) in [6, 6.07) is 13.4. The van der Waals surface area contributed by atoms with Crippen LogP contribution in [0.1, 0.15) is 29.1 Å². The molecule has 10 heteroatoms. The van der Waals surface area contributed by atoms with Gasteiger partial charge in [0.2, 0.25) is 5.95 Å². The lowest BCUT2D eigenvalue weighted by molar-refractivity contribution is 0.0697. The van der Waals surface area contributed by atoms with Gasteiger partial charge in [0.15, 0.2) is 0 Å². The maximum atomic E-state index is 13.4. The second-order valence-electron chi connectivity index (χ2n) is 6.74. The van der Waals surface area contributed by atoms with Crippen molar-refractivity contribution in [1.29, 1.82) is 0 Å². The van der Waals surface area contributed by atoms with Crippen molar-refractivity contribution in [2.75, 3.05) is 11.1 Å². The molecule has 156 valence electrons. The maximum absolute atomic E-state index is 13.4. The molecule has 0 spiro atoms. The molecule has 0 amide bonds. The molecule has 0 radical (unpaired) electrons. The highest BCUT2D eigenvalue weighted by molar-refractivity contribution is 6.35. The van der Waals surface area contributed by atoms with Crippen LogP contribution in [0.5, 0.6) is 0 Å². The number of aromatic carboxylic acids is 1. The standard InChI is InChI=1S/C21H17ClN6O3/c1-11(25-17-13(20(30)31)10-24-21(23)27-17)18-26-15-9-5-8-14(22)16(15)19(29)28(18)12-6-3-2-4-7-12/h2-11H,1H3,(H,30,31)(H3,23,24,25,27). The summed E-state index contributed by atoms with van der Waals surface area (Å²) >= 11 is 6.29. The monoisotopic (exact) mass is 436 g/mol. The van der Waals surface area contributed by atoms with Crippen LogP contribution in [0.4, 0.5) is 11.8 Å². The summed E-state index contributed by atoms with van der Waals surface area (Å²) in [5, 5.41) is 13.0. The molecule has 2 heterocycles. The third-order valence-corrected chi connectivity index (χ3v) is 4.98. The Bertz CT molecular complexity index is 1360. The molecule has 0 aliphatic rings. The quantitative estimate of drug-likeness (QED) is 0.433. The van der Waals surface area contributed by atoms with E-state index in [1.807, 2.05) is 6.07 Å². The van der Waals surface area contributed by atoms with E-state index in [-0.39, 0.29) is 22.9 Å². The van der Waals surface area contributed by atoms with Crippen molar-refractivity contribution >= 4 is 40.2 Å². The molecule has 0 bridgehead atoms. The Morgan fingerprint density at radius 3 is 2.61 bits per heavy atom. The van der Waals surface area contributed by atoms with E-state index in [0.717, 1.165) is 6.20 Å². The molecule has 31 heavy (non-hydrogen) atoms. The lowest BCUT2D eigenvalue weighted by Gasteiger charge is -2.21. The molecule has 0 aliphatic carbocycles. The van der Waals surface area contributed by atoms with E-state index in [2.05, 4.69) is 20.3 Å². The van der Waals surface area contributed by atoms with Gasteiger partial charge in [-0.15, -0.1) is 0 Å². The van der Waals surface area contributed by atoms with Gasteiger partial charge in [0, 0.05) is 6.20 Å². The fraction of sp³-hybridized carbons (Fsp3) is 0.0952. The second kappa shape index (κ2) is 8.04. The molecule has 0 fully saturated rings. The highest BCUT2D eigenvalue weighted by atomic mass is 35.5. The molecule has 9 nitrogen and oxygen atoms in total. The van der Waals surface area contributed by atoms with Crippen LogP contribution in [0.15, 0.2) is 59.5 Å². The smallest absolute Gasteiger partial charge is 0.341 e. The number of carbonyl (C=O) groups is 1. The number of hydrogen-bond acceptors (Lipinski definition) is 7. The Balaban J connectivity index is 1.92. The topological polar surface area (TPSA) is 136 Å². The van der Waals surface area contributed by atoms with Gasteiger partial charge in [-0.2, -0.15) is 4.98 Å². The summed E-state index contributed by atoms with van der Waals surface area (Å²) < 4.78 is 1.44. The number of nitrogens with two attached hydrogens (primary N) is 1. The molecule has 4 N–H and O–H groups in total. The Kier molecular flexibility index (Phi) is 5.26. The molecular formula is C21H17ClN6O3. The molecule has 4 rings (SSSR count). The summed E-state index contributed by atoms with van der Waals surface area (Å²) in [6.07, 6.45) is 1.12. The fourth-order valence-corrected chi connectivity index (χ4v) is 3.51. The number of para-hydroxylation sites is 1. The lowest BCUT2D eigenvalue weighted by atomic mass is 10.2. The zero-order valence-electron chi connectivity index (χ0n) is 16.3. The van der Waals surface area contributed by atoms with E-state index < -0.39 is 12.0 Å². The maximum Gasteiger partial charge on any atom is 0.341 e. The highest BCUT2D eigenvalue weighted by Crippen LogP contribution is 2.25. The highest BCUT2D eigenvalue weighted by Gasteiger charge is 2.22.